The van der Waals surface area contributed by atoms with Crippen molar-refractivity contribution in [3.8, 4) is 17.6 Å². The molecule has 6 nitrogen and oxygen atoms in total. The Morgan fingerprint density at radius 2 is 1.97 bits per heavy atom. The van der Waals surface area contributed by atoms with Crippen molar-refractivity contribution < 1.29 is 18.4 Å². The molecule has 1 aliphatic heterocycles. The molecule has 2 heterocycles. The van der Waals surface area contributed by atoms with Gasteiger partial charge in [-0.2, -0.15) is 5.26 Å². The van der Waals surface area contributed by atoms with E-state index in [0.29, 0.717) is 17.2 Å². The molecule has 0 saturated carbocycles. The number of methoxy groups -OCH3 is 2. The summed E-state index contributed by atoms with van der Waals surface area (Å²) in [7, 11) is 3.22. The largest absolute Gasteiger partial charge is 0.493 e. The molecule has 1 aliphatic rings. The van der Waals surface area contributed by atoms with Crippen LogP contribution in [0.2, 0.25) is 0 Å². The van der Waals surface area contributed by atoms with Crippen molar-refractivity contribution in [2.75, 3.05) is 33.9 Å². The Morgan fingerprint density at radius 3 is 2.52 bits per heavy atom. The zero-order valence-corrected chi connectivity index (χ0v) is 18.9. The fourth-order valence-electron chi connectivity index (χ4n) is 4.64. The quantitative estimate of drug-likeness (QED) is 0.564. The molecule has 0 radical (unpaired) electrons. The Bertz CT molecular complexity index is 900. The third-order valence-electron chi connectivity index (χ3n) is 6.66. The van der Waals surface area contributed by atoms with Crippen LogP contribution in [0.5, 0.6) is 11.5 Å². The standard InChI is InChI=1S/C24H32FN3O3/c1-17(2)24(16-26,19-6-7-21(29-3)22(14-19)30-4)10-5-11-28-12-8-18(9-13-28)23-20(25)15-31-27-23/h6-7,14-15,17-18H,5,8-13H2,1-4H3. The van der Waals surface area contributed by atoms with Crippen molar-refractivity contribution in [1.29, 1.82) is 5.26 Å². The van der Waals surface area contributed by atoms with Crippen molar-refractivity contribution in [2.45, 2.75) is 50.9 Å². The van der Waals surface area contributed by atoms with Gasteiger partial charge in [0.2, 0.25) is 0 Å². The number of hydrogen-bond donors (Lipinski definition) is 0. The van der Waals surface area contributed by atoms with Crippen LogP contribution in [0.25, 0.3) is 0 Å². The number of nitrogens with zero attached hydrogens (tertiary/aromatic N) is 3. The monoisotopic (exact) mass is 429 g/mol. The molecule has 1 aromatic heterocycles. The molecular formula is C24H32FN3O3. The molecule has 0 amide bonds. The van der Waals surface area contributed by atoms with Crippen LogP contribution >= 0.6 is 0 Å². The van der Waals surface area contributed by atoms with Crippen LogP contribution in [0.15, 0.2) is 29.0 Å². The second-order valence-electron chi connectivity index (χ2n) is 8.57. The molecule has 0 aliphatic carbocycles. The molecule has 0 spiro atoms. The first-order valence-electron chi connectivity index (χ1n) is 10.9. The maximum Gasteiger partial charge on any atom is 0.186 e. The van der Waals surface area contributed by atoms with Gasteiger partial charge in [-0.1, -0.05) is 25.1 Å². The lowest BCUT2D eigenvalue weighted by Crippen LogP contribution is -2.36. The molecule has 1 fully saturated rings. The lowest BCUT2D eigenvalue weighted by atomic mass is 9.69. The highest BCUT2D eigenvalue weighted by Gasteiger charge is 2.36. The van der Waals surface area contributed by atoms with Crippen molar-refractivity contribution >= 4 is 0 Å². The van der Waals surface area contributed by atoms with Crippen LogP contribution < -0.4 is 9.47 Å². The van der Waals surface area contributed by atoms with Gasteiger partial charge in [-0.15, -0.1) is 0 Å². The molecule has 1 unspecified atom stereocenters. The average molecular weight is 430 g/mol. The van der Waals surface area contributed by atoms with Crippen molar-refractivity contribution in [1.82, 2.24) is 10.1 Å². The van der Waals surface area contributed by atoms with Gasteiger partial charge in [0.05, 0.1) is 25.7 Å². The van der Waals surface area contributed by atoms with E-state index >= 15 is 0 Å². The topological polar surface area (TPSA) is 71.5 Å². The maximum absolute atomic E-state index is 13.7. The second kappa shape index (κ2) is 10.1. The predicted octanol–water partition coefficient (Wildman–Crippen LogP) is 4.91. The molecule has 1 aromatic carbocycles. The lowest BCUT2D eigenvalue weighted by molar-refractivity contribution is 0.197. The Morgan fingerprint density at radius 1 is 1.26 bits per heavy atom. The van der Waals surface area contributed by atoms with Crippen molar-refractivity contribution in [2.24, 2.45) is 5.92 Å². The lowest BCUT2D eigenvalue weighted by Gasteiger charge is -2.34. The van der Waals surface area contributed by atoms with Gasteiger partial charge in [0.15, 0.2) is 23.6 Å². The van der Waals surface area contributed by atoms with E-state index < -0.39 is 5.41 Å². The highest BCUT2D eigenvalue weighted by molar-refractivity contribution is 5.47. The molecule has 31 heavy (non-hydrogen) atoms. The molecule has 168 valence electrons. The van der Waals surface area contributed by atoms with E-state index in [1.54, 1.807) is 14.2 Å². The first kappa shape index (κ1) is 23.1. The number of hydrogen-bond acceptors (Lipinski definition) is 6. The summed E-state index contributed by atoms with van der Waals surface area (Å²) in [6, 6.07) is 8.39. The number of rotatable bonds is 9. The van der Waals surface area contributed by atoms with E-state index in [1.807, 2.05) is 18.2 Å². The van der Waals surface area contributed by atoms with Crippen LogP contribution in [0.4, 0.5) is 4.39 Å². The van der Waals surface area contributed by atoms with E-state index in [1.165, 1.54) is 0 Å². The van der Waals surface area contributed by atoms with E-state index in [-0.39, 0.29) is 17.7 Å². The minimum Gasteiger partial charge on any atom is -0.493 e. The van der Waals surface area contributed by atoms with Crippen LogP contribution in [0.1, 0.15) is 56.7 Å². The highest BCUT2D eigenvalue weighted by atomic mass is 19.1. The summed E-state index contributed by atoms with van der Waals surface area (Å²) in [5.41, 5.74) is 0.820. The van der Waals surface area contributed by atoms with E-state index in [9.17, 15) is 9.65 Å². The predicted molar refractivity (Wildman–Crippen MR) is 116 cm³/mol. The Labute approximate surface area is 183 Å². The number of likely N-dealkylation sites (tertiary alicyclic amines) is 1. The van der Waals surface area contributed by atoms with Gasteiger partial charge < -0.3 is 18.9 Å². The molecule has 0 bridgehead atoms. The summed E-state index contributed by atoms with van der Waals surface area (Å²) >= 11 is 0. The van der Waals surface area contributed by atoms with Gasteiger partial charge >= 0.3 is 0 Å². The first-order chi connectivity index (χ1) is 14.9. The van der Waals surface area contributed by atoms with Crippen molar-refractivity contribution in [3.63, 3.8) is 0 Å². The van der Waals surface area contributed by atoms with E-state index in [0.717, 1.165) is 57.1 Å². The third kappa shape index (κ3) is 4.85. The number of halogens is 1. The SMILES string of the molecule is COc1ccc(C(C#N)(CCCN2CCC(c3nocc3F)CC2)C(C)C)cc1OC. The fraction of sp³-hybridized carbons (Fsp3) is 0.583. The summed E-state index contributed by atoms with van der Waals surface area (Å²) < 4.78 is 29.3. The minimum absolute atomic E-state index is 0.121. The van der Waals surface area contributed by atoms with Gasteiger partial charge in [-0.3, -0.25) is 0 Å². The normalized spacial score (nSPS) is 17.3. The first-order valence-corrected chi connectivity index (χ1v) is 10.9. The van der Waals surface area contributed by atoms with Gasteiger partial charge in [-0.25, -0.2) is 4.39 Å². The number of benzene rings is 1. The summed E-state index contributed by atoms with van der Waals surface area (Å²) in [5.74, 6) is 1.23. The van der Waals surface area contributed by atoms with Crippen LogP contribution in [-0.2, 0) is 5.41 Å². The molecule has 1 atom stereocenters. The molecule has 0 N–H and O–H groups in total. The summed E-state index contributed by atoms with van der Waals surface area (Å²) in [4.78, 5) is 2.39. The molecule has 2 aromatic rings. The second-order valence-corrected chi connectivity index (χ2v) is 8.57. The third-order valence-corrected chi connectivity index (χ3v) is 6.66. The molecule has 3 rings (SSSR count). The smallest absolute Gasteiger partial charge is 0.186 e. The van der Waals surface area contributed by atoms with Gasteiger partial charge in [0.25, 0.3) is 0 Å². The summed E-state index contributed by atoms with van der Waals surface area (Å²) in [5, 5.41) is 14.0. The number of ether oxygens (including phenoxy) is 2. The highest BCUT2D eigenvalue weighted by Crippen LogP contribution is 2.40. The van der Waals surface area contributed by atoms with E-state index in [4.69, 9.17) is 14.0 Å². The molecule has 7 heteroatoms. The Hall–Kier alpha value is -2.59. The fourth-order valence-corrected chi connectivity index (χ4v) is 4.64. The number of nitriles is 1. The van der Waals surface area contributed by atoms with E-state index in [2.05, 4.69) is 30.0 Å². The minimum atomic E-state index is -0.596. The Kier molecular flexibility index (Phi) is 7.55. The van der Waals surface area contributed by atoms with Crippen LogP contribution in [0, 0.1) is 23.1 Å². The molecule has 1 saturated heterocycles. The summed E-state index contributed by atoms with van der Waals surface area (Å²) in [6.45, 7) is 6.90. The zero-order chi connectivity index (χ0) is 22.4. The van der Waals surface area contributed by atoms with Crippen LogP contribution in [-0.4, -0.2) is 43.9 Å². The van der Waals surface area contributed by atoms with Gasteiger partial charge in [0, 0.05) is 5.92 Å². The molecular weight excluding hydrogens is 397 g/mol. The van der Waals surface area contributed by atoms with Crippen molar-refractivity contribution in [3.05, 3.63) is 41.5 Å². The van der Waals surface area contributed by atoms with Gasteiger partial charge in [-0.05, 0) is 68.9 Å². The van der Waals surface area contributed by atoms with Crippen LogP contribution in [0.3, 0.4) is 0 Å². The number of piperidine rings is 1. The average Bonchev–Trinajstić information content (AvgIpc) is 3.22. The Balaban J connectivity index is 1.63. The zero-order valence-electron chi connectivity index (χ0n) is 18.9. The number of aromatic nitrogens is 1. The summed E-state index contributed by atoms with van der Waals surface area (Å²) in [6.07, 6.45) is 4.47. The van der Waals surface area contributed by atoms with Gasteiger partial charge in [0.1, 0.15) is 5.69 Å². The maximum atomic E-state index is 13.7.